The molecule has 7 nitrogen and oxygen atoms in total. The second-order valence-corrected chi connectivity index (χ2v) is 18.5. The molecular weight excluding hydrogens is 436 g/mol. The van der Waals surface area contributed by atoms with E-state index in [-0.39, 0.29) is 0 Å². The Morgan fingerprint density at radius 1 is 0.467 bits per heavy atom. The first-order valence-corrected chi connectivity index (χ1v) is 18.3. The van der Waals surface area contributed by atoms with Gasteiger partial charge in [0.25, 0.3) is 0 Å². The first-order valence-electron chi connectivity index (χ1n) is 11.6. The summed E-state index contributed by atoms with van der Waals surface area (Å²) in [6.45, 7) is 14.7. The van der Waals surface area contributed by atoms with Crippen molar-refractivity contribution in [3.8, 4) is 0 Å². The third-order valence-corrected chi connectivity index (χ3v) is 17.7. The molecule has 0 rings (SSSR count). The second-order valence-electron chi connectivity index (χ2n) is 7.56. The number of rotatable bonds is 21. The van der Waals surface area contributed by atoms with Crippen molar-refractivity contribution in [3.05, 3.63) is 0 Å². The van der Waals surface area contributed by atoms with Crippen LogP contribution in [0.2, 0.25) is 18.1 Å². The van der Waals surface area contributed by atoms with Gasteiger partial charge in [0.15, 0.2) is 0 Å². The van der Waals surface area contributed by atoms with Gasteiger partial charge in [-0.25, -0.2) is 0 Å². The molecule has 0 aromatic carbocycles. The largest absolute Gasteiger partial charge is 0.412 e. The van der Waals surface area contributed by atoms with Crippen molar-refractivity contribution in [1.82, 2.24) is 0 Å². The van der Waals surface area contributed by atoms with E-state index in [1.807, 2.05) is 0 Å². The summed E-state index contributed by atoms with van der Waals surface area (Å²) in [6.07, 6.45) is 4.35. The Kier molecular flexibility index (Phi) is 17.1. The van der Waals surface area contributed by atoms with Gasteiger partial charge in [0.05, 0.1) is 18.7 Å². The summed E-state index contributed by atoms with van der Waals surface area (Å²) in [5, 5.41) is 0. The summed E-state index contributed by atoms with van der Waals surface area (Å²) >= 11 is 0. The molecule has 0 saturated heterocycles. The first kappa shape index (κ1) is 30.4. The summed E-state index contributed by atoms with van der Waals surface area (Å²) in [4.78, 5) is 0. The molecule has 0 saturated carbocycles. The van der Waals surface area contributed by atoms with E-state index in [1.54, 1.807) is 14.2 Å². The number of hydrogen-bond acceptors (Lipinski definition) is 7. The van der Waals surface area contributed by atoms with Crippen LogP contribution in [0.4, 0.5) is 0 Å². The van der Waals surface area contributed by atoms with E-state index in [9.17, 15) is 0 Å². The molecule has 0 spiro atoms. The first-order chi connectivity index (χ1) is 14.4. The highest BCUT2D eigenvalue weighted by atomic mass is 28.5. The van der Waals surface area contributed by atoms with E-state index in [1.165, 1.54) is 0 Å². The van der Waals surface area contributed by atoms with Crippen molar-refractivity contribution >= 4 is 25.7 Å². The van der Waals surface area contributed by atoms with Gasteiger partial charge in [0, 0.05) is 34.0 Å². The van der Waals surface area contributed by atoms with Crippen molar-refractivity contribution in [2.75, 3.05) is 52.7 Å². The Bertz CT molecular complexity index is 380. The van der Waals surface area contributed by atoms with Crippen LogP contribution in [0.5, 0.6) is 0 Å². The van der Waals surface area contributed by atoms with Gasteiger partial charge in [-0.05, 0) is 37.4 Å². The summed E-state index contributed by atoms with van der Waals surface area (Å²) in [5.74, 6) is 0. The molecule has 2 unspecified atom stereocenters. The highest BCUT2D eigenvalue weighted by Crippen LogP contribution is 2.29. The van der Waals surface area contributed by atoms with Crippen molar-refractivity contribution in [2.45, 2.75) is 78.9 Å². The van der Waals surface area contributed by atoms with E-state index in [0.29, 0.717) is 38.5 Å². The fraction of sp³-hybridized carbons (Fsp3) is 1.00. The Hall–Kier alpha value is 0.371. The summed E-state index contributed by atoms with van der Waals surface area (Å²) < 4.78 is 43.7. The van der Waals surface area contributed by atoms with Crippen LogP contribution < -0.4 is 0 Å². The van der Waals surface area contributed by atoms with Gasteiger partial charge in [-0.3, -0.25) is 0 Å². The maximum atomic E-state index is 6.91. The molecule has 0 N–H and O–H groups in total. The summed E-state index contributed by atoms with van der Waals surface area (Å²) in [7, 11) is -4.52. The van der Waals surface area contributed by atoms with Crippen molar-refractivity contribution in [2.24, 2.45) is 0 Å². The zero-order valence-electron chi connectivity index (χ0n) is 20.8. The van der Waals surface area contributed by atoms with Crippen LogP contribution in [-0.2, 0) is 31.3 Å². The molecule has 0 bridgehead atoms. The Morgan fingerprint density at radius 2 is 0.767 bits per heavy atom. The maximum Gasteiger partial charge on any atom is 0.355 e. The molecule has 2 atom stereocenters. The number of hydrogen-bond donors (Lipinski definition) is 0. The van der Waals surface area contributed by atoms with Crippen molar-refractivity contribution in [1.29, 1.82) is 0 Å². The molecule has 0 radical (unpaired) electrons. The average Bonchev–Trinajstić information content (AvgIpc) is 2.78. The Morgan fingerprint density at radius 3 is 1.00 bits per heavy atom. The van der Waals surface area contributed by atoms with E-state index in [4.69, 9.17) is 31.3 Å². The van der Waals surface area contributed by atoms with Crippen molar-refractivity contribution in [3.63, 3.8) is 0 Å². The van der Waals surface area contributed by atoms with E-state index in [0.717, 1.165) is 37.4 Å². The molecule has 0 fully saturated rings. The van der Waals surface area contributed by atoms with Gasteiger partial charge in [0.2, 0.25) is 0 Å². The Labute approximate surface area is 188 Å². The molecule has 0 amide bonds. The topological polar surface area (TPSA) is 64.6 Å². The molecule has 182 valence electrons. The minimum atomic E-state index is -2.79. The molecule has 0 aliphatic heterocycles. The minimum absolute atomic E-state index is 0.467. The third kappa shape index (κ3) is 10.3. The monoisotopic (exact) mass is 484 g/mol. The van der Waals surface area contributed by atoms with E-state index in [2.05, 4.69) is 41.5 Å². The van der Waals surface area contributed by atoms with Crippen LogP contribution in [0.1, 0.15) is 60.8 Å². The Balaban J connectivity index is 5.80. The van der Waals surface area contributed by atoms with E-state index >= 15 is 0 Å². The molecule has 0 aliphatic carbocycles. The van der Waals surface area contributed by atoms with Gasteiger partial charge >= 0.3 is 25.7 Å². The third-order valence-electron chi connectivity index (χ3n) is 5.12. The summed E-state index contributed by atoms with van der Waals surface area (Å²) in [6, 6.07) is 2.34. The van der Waals surface area contributed by atoms with Gasteiger partial charge in [-0.15, -0.1) is 0 Å². The minimum Gasteiger partial charge on any atom is -0.412 e. The fourth-order valence-corrected chi connectivity index (χ4v) is 15.7. The van der Waals surface area contributed by atoms with Gasteiger partial charge in [0.1, 0.15) is 0 Å². The van der Waals surface area contributed by atoms with Crippen LogP contribution in [0.25, 0.3) is 0 Å². The van der Waals surface area contributed by atoms with Crippen LogP contribution in [-0.4, -0.2) is 78.4 Å². The molecule has 0 aromatic heterocycles. The average molecular weight is 485 g/mol. The van der Waals surface area contributed by atoms with Gasteiger partial charge in [-0.2, -0.15) is 0 Å². The lowest BCUT2D eigenvalue weighted by Gasteiger charge is -2.43. The molecule has 0 aromatic rings. The molecule has 10 heteroatoms. The van der Waals surface area contributed by atoms with Crippen LogP contribution in [0, 0.1) is 0 Å². The van der Waals surface area contributed by atoms with Gasteiger partial charge in [-0.1, -0.05) is 41.5 Å². The SMILES string of the molecule is CCCOC[Si](CC)(OC)O[Si](CC)(COCCC)O[Si](CC)(COCCC)OC. The quantitative estimate of drug-likeness (QED) is 0.174. The second kappa shape index (κ2) is 16.9. The van der Waals surface area contributed by atoms with Gasteiger partial charge < -0.3 is 31.3 Å². The normalized spacial score (nSPS) is 18.0. The molecule has 0 heterocycles. The van der Waals surface area contributed by atoms with E-state index < -0.39 is 25.7 Å². The smallest absolute Gasteiger partial charge is 0.355 e. The highest BCUT2D eigenvalue weighted by molar-refractivity contribution is 6.86. The maximum absolute atomic E-state index is 6.91. The van der Waals surface area contributed by atoms with Crippen LogP contribution >= 0.6 is 0 Å². The molecule has 0 aliphatic rings. The predicted octanol–water partition coefficient (Wildman–Crippen LogP) is 4.60. The van der Waals surface area contributed by atoms with Crippen LogP contribution in [0.3, 0.4) is 0 Å². The lowest BCUT2D eigenvalue weighted by Crippen LogP contribution is -2.65. The lowest BCUT2D eigenvalue weighted by atomic mass is 10.5. The predicted molar refractivity (Wildman–Crippen MR) is 128 cm³/mol. The summed E-state index contributed by atoms with van der Waals surface area (Å²) in [5.41, 5.74) is 0. The fourth-order valence-electron chi connectivity index (χ4n) is 3.02. The van der Waals surface area contributed by atoms with Crippen molar-refractivity contribution < 1.29 is 31.3 Å². The standard InChI is InChI=1S/C20H48O7Si3/c1-9-15-23-18-28(12-4,21-7)26-30(14-6,20-25-17-11-3)27-29(13-5,22-8)19-24-16-10-2/h9-20H2,1-8H3. The molecular formula is C20H48O7Si3. The zero-order chi connectivity index (χ0) is 22.9. The zero-order valence-corrected chi connectivity index (χ0v) is 23.8. The molecule has 30 heavy (non-hydrogen) atoms. The highest BCUT2D eigenvalue weighted by Gasteiger charge is 2.53. The lowest BCUT2D eigenvalue weighted by molar-refractivity contribution is 0.101. The van der Waals surface area contributed by atoms with Crippen LogP contribution in [0.15, 0.2) is 0 Å². The number of ether oxygens (including phenoxy) is 3.